The number of nitrogens with two attached hydrogens (primary N) is 1. The van der Waals surface area contributed by atoms with Gasteiger partial charge in [-0.1, -0.05) is 19.1 Å². The van der Waals surface area contributed by atoms with Crippen molar-refractivity contribution in [3.63, 3.8) is 0 Å². The number of para-hydroxylation sites is 1. The summed E-state index contributed by atoms with van der Waals surface area (Å²) in [5.74, 6) is 0.595. The molecule has 0 aliphatic carbocycles. The van der Waals surface area contributed by atoms with Crippen molar-refractivity contribution in [2.24, 2.45) is 5.73 Å². The fraction of sp³-hybridized carbons (Fsp3) is 0.263. The maximum absolute atomic E-state index is 12.6. The third-order valence-corrected chi connectivity index (χ3v) is 4.21. The van der Waals surface area contributed by atoms with Gasteiger partial charge in [-0.25, -0.2) is 4.98 Å². The van der Waals surface area contributed by atoms with Crippen molar-refractivity contribution in [1.29, 1.82) is 0 Å². The van der Waals surface area contributed by atoms with Gasteiger partial charge in [0, 0.05) is 29.4 Å². The van der Waals surface area contributed by atoms with E-state index in [2.05, 4.69) is 5.32 Å². The van der Waals surface area contributed by atoms with E-state index in [1.165, 1.54) is 0 Å². The largest absolute Gasteiger partial charge is 0.497 e. The average molecular weight is 323 g/mol. The van der Waals surface area contributed by atoms with E-state index in [9.17, 15) is 4.79 Å². The average Bonchev–Trinajstić information content (AvgIpc) is 2.63. The number of aromatic nitrogens is 1. The Morgan fingerprint density at radius 3 is 2.79 bits per heavy atom. The first-order valence-electron chi connectivity index (χ1n) is 8.04. The van der Waals surface area contributed by atoms with Crippen LogP contribution in [0.25, 0.3) is 21.8 Å². The lowest BCUT2D eigenvalue weighted by molar-refractivity contribution is 0.0938. The molecule has 1 aromatic heterocycles. The Bertz CT molecular complexity index is 888. The summed E-state index contributed by atoms with van der Waals surface area (Å²) >= 11 is 0. The lowest BCUT2D eigenvalue weighted by Gasteiger charge is -2.15. The molecule has 5 nitrogen and oxygen atoms in total. The van der Waals surface area contributed by atoms with E-state index in [0.29, 0.717) is 17.6 Å². The summed E-state index contributed by atoms with van der Waals surface area (Å²) in [6.45, 7) is 2.42. The second-order valence-corrected chi connectivity index (χ2v) is 5.74. The van der Waals surface area contributed by atoms with E-state index in [0.717, 1.165) is 28.5 Å². The monoisotopic (exact) mass is 323 g/mol. The van der Waals surface area contributed by atoms with Gasteiger partial charge < -0.3 is 15.8 Å². The van der Waals surface area contributed by atoms with Crippen LogP contribution in [0.4, 0.5) is 0 Å². The maximum atomic E-state index is 12.6. The van der Waals surface area contributed by atoms with Gasteiger partial charge in [0.2, 0.25) is 0 Å². The van der Waals surface area contributed by atoms with Crippen molar-refractivity contribution in [3.8, 4) is 5.75 Å². The number of carbonyl (C=O) groups excluding carboxylic acids is 1. The highest BCUT2D eigenvalue weighted by Gasteiger charge is 2.15. The molecule has 2 aromatic carbocycles. The van der Waals surface area contributed by atoms with Crippen molar-refractivity contribution in [2.45, 2.75) is 19.4 Å². The van der Waals surface area contributed by atoms with Crippen LogP contribution in [-0.4, -0.2) is 30.6 Å². The molecular formula is C19H21N3O2. The molecule has 1 heterocycles. The van der Waals surface area contributed by atoms with Crippen molar-refractivity contribution in [1.82, 2.24) is 10.3 Å². The standard InChI is InChI=1S/C19H21N3O2/c1-3-14(11-20)21-19(23)16-6-4-5-13-9-12-7-8-15(24-2)10-17(12)22-18(13)16/h4-10,14H,3,11,20H2,1-2H3,(H,21,23). The van der Waals surface area contributed by atoms with Crippen LogP contribution in [0, 0.1) is 0 Å². The third-order valence-electron chi connectivity index (χ3n) is 4.21. The topological polar surface area (TPSA) is 77.2 Å². The molecule has 1 unspecified atom stereocenters. The molecule has 0 spiro atoms. The molecule has 0 fully saturated rings. The van der Waals surface area contributed by atoms with Gasteiger partial charge in [0.25, 0.3) is 5.91 Å². The van der Waals surface area contributed by atoms with Gasteiger partial charge in [-0.2, -0.15) is 0 Å². The minimum absolute atomic E-state index is 0.0340. The summed E-state index contributed by atoms with van der Waals surface area (Å²) in [5.41, 5.74) is 7.73. The second kappa shape index (κ2) is 6.84. The van der Waals surface area contributed by atoms with Crippen molar-refractivity contribution >= 4 is 27.7 Å². The number of amides is 1. The molecule has 0 radical (unpaired) electrons. The number of carbonyl (C=O) groups is 1. The Balaban J connectivity index is 2.10. The van der Waals surface area contributed by atoms with Gasteiger partial charge in [-0.3, -0.25) is 4.79 Å². The predicted molar refractivity (Wildman–Crippen MR) is 96.4 cm³/mol. The Morgan fingerprint density at radius 2 is 2.08 bits per heavy atom. The van der Waals surface area contributed by atoms with E-state index in [1.54, 1.807) is 13.2 Å². The van der Waals surface area contributed by atoms with Crippen LogP contribution in [-0.2, 0) is 0 Å². The number of hydrogen-bond donors (Lipinski definition) is 2. The van der Waals surface area contributed by atoms with E-state index in [-0.39, 0.29) is 11.9 Å². The zero-order chi connectivity index (χ0) is 17.1. The maximum Gasteiger partial charge on any atom is 0.253 e. The molecule has 0 saturated carbocycles. The van der Waals surface area contributed by atoms with E-state index in [1.807, 2.05) is 43.3 Å². The third kappa shape index (κ3) is 3.03. The number of fused-ring (bicyclic) bond motifs is 2. The SMILES string of the molecule is CCC(CN)NC(=O)c1cccc2cc3ccc(OC)cc3nc12. The highest BCUT2D eigenvalue weighted by molar-refractivity contribution is 6.07. The zero-order valence-corrected chi connectivity index (χ0v) is 13.9. The number of nitrogens with zero attached hydrogens (tertiary/aromatic N) is 1. The normalized spacial score (nSPS) is 12.3. The van der Waals surface area contributed by atoms with Crippen molar-refractivity contribution < 1.29 is 9.53 Å². The Morgan fingerprint density at radius 1 is 1.25 bits per heavy atom. The number of ether oxygens (including phenoxy) is 1. The van der Waals surface area contributed by atoms with Gasteiger partial charge in [-0.05, 0) is 30.7 Å². The molecule has 1 amide bonds. The molecular weight excluding hydrogens is 302 g/mol. The fourth-order valence-corrected chi connectivity index (χ4v) is 2.73. The number of hydrogen-bond acceptors (Lipinski definition) is 4. The van der Waals surface area contributed by atoms with Crippen LogP contribution in [0.2, 0.25) is 0 Å². The zero-order valence-electron chi connectivity index (χ0n) is 13.9. The molecule has 3 rings (SSSR count). The second-order valence-electron chi connectivity index (χ2n) is 5.74. The molecule has 0 bridgehead atoms. The van der Waals surface area contributed by atoms with Gasteiger partial charge >= 0.3 is 0 Å². The van der Waals surface area contributed by atoms with Gasteiger partial charge in [0.05, 0.1) is 23.7 Å². The lowest BCUT2D eigenvalue weighted by Crippen LogP contribution is -2.39. The first-order valence-corrected chi connectivity index (χ1v) is 8.04. The van der Waals surface area contributed by atoms with Gasteiger partial charge in [0.1, 0.15) is 5.75 Å². The molecule has 3 aromatic rings. The number of pyridine rings is 1. The number of benzene rings is 2. The highest BCUT2D eigenvalue weighted by Crippen LogP contribution is 2.25. The minimum Gasteiger partial charge on any atom is -0.497 e. The van der Waals surface area contributed by atoms with E-state index < -0.39 is 0 Å². The van der Waals surface area contributed by atoms with Crippen LogP contribution in [0.3, 0.4) is 0 Å². The Labute approximate surface area is 140 Å². The molecule has 3 N–H and O–H groups in total. The summed E-state index contributed by atoms with van der Waals surface area (Å²) in [7, 11) is 1.62. The molecule has 24 heavy (non-hydrogen) atoms. The Kier molecular flexibility index (Phi) is 4.62. The van der Waals surface area contributed by atoms with Gasteiger partial charge in [0.15, 0.2) is 0 Å². The molecule has 124 valence electrons. The summed E-state index contributed by atoms with van der Waals surface area (Å²) in [5, 5.41) is 4.91. The molecule has 1 atom stereocenters. The summed E-state index contributed by atoms with van der Waals surface area (Å²) in [6.07, 6.45) is 0.792. The van der Waals surface area contributed by atoms with Crippen LogP contribution in [0.1, 0.15) is 23.7 Å². The summed E-state index contributed by atoms with van der Waals surface area (Å²) in [6, 6.07) is 13.4. The van der Waals surface area contributed by atoms with Crippen LogP contribution < -0.4 is 15.8 Å². The molecule has 0 aliphatic heterocycles. The summed E-state index contributed by atoms with van der Waals surface area (Å²) in [4.78, 5) is 17.3. The van der Waals surface area contributed by atoms with Gasteiger partial charge in [-0.15, -0.1) is 0 Å². The first kappa shape index (κ1) is 16.2. The van der Waals surface area contributed by atoms with Crippen molar-refractivity contribution in [2.75, 3.05) is 13.7 Å². The number of methoxy groups -OCH3 is 1. The van der Waals surface area contributed by atoms with E-state index in [4.69, 9.17) is 15.5 Å². The summed E-state index contributed by atoms with van der Waals surface area (Å²) < 4.78 is 5.26. The molecule has 0 saturated heterocycles. The number of nitrogens with one attached hydrogen (secondary N) is 1. The highest BCUT2D eigenvalue weighted by atomic mass is 16.5. The molecule has 5 heteroatoms. The lowest BCUT2D eigenvalue weighted by atomic mass is 10.1. The van der Waals surface area contributed by atoms with Crippen LogP contribution >= 0.6 is 0 Å². The molecule has 0 aliphatic rings. The first-order chi connectivity index (χ1) is 11.7. The Hall–Kier alpha value is -2.66. The van der Waals surface area contributed by atoms with Crippen LogP contribution in [0.5, 0.6) is 5.75 Å². The minimum atomic E-state index is -0.146. The smallest absolute Gasteiger partial charge is 0.253 e. The quantitative estimate of drug-likeness (QED) is 0.708. The fourth-order valence-electron chi connectivity index (χ4n) is 2.73. The number of rotatable bonds is 5. The van der Waals surface area contributed by atoms with Crippen LogP contribution in [0.15, 0.2) is 42.5 Å². The van der Waals surface area contributed by atoms with Crippen molar-refractivity contribution in [3.05, 3.63) is 48.0 Å². The predicted octanol–water partition coefficient (Wildman–Crippen LogP) is 2.86. The van der Waals surface area contributed by atoms with E-state index >= 15 is 0 Å².